The van der Waals surface area contributed by atoms with E-state index in [9.17, 15) is 9.18 Å². The Morgan fingerprint density at radius 1 is 1.00 bits per heavy atom. The van der Waals surface area contributed by atoms with E-state index in [4.69, 9.17) is 24.4 Å². The van der Waals surface area contributed by atoms with Gasteiger partial charge in [-0.2, -0.15) is 0 Å². The summed E-state index contributed by atoms with van der Waals surface area (Å²) >= 11 is 0. The molecule has 4 rings (SSSR count). The minimum absolute atomic E-state index is 0.0815. The van der Waals surface area contributed by atoms with Crippen molar-refractivity contribution in [2.45, 2.75) is 26.2 Å². The number of hydrogen-bond acceptors (Lipinski definition) is 6. The molecule has 2 N–H and O–H groups in total. The Hall–Kier alpha value is -3.68. The maximum atomic E-state index is 13.8. The predicted molar refractivity (Wildman–Crippen MR) is 127 cm³/mol. The van der Waals surface area contributed by atoms with Crippen LogP contribution in [0.4, 0.5) is 4.39 Å². The van der Waals surface area contributed by atoms with Crippen LogP contribution in [0.25, 0.3) is 22.1 Å². The summed E-state index contributed by atoms with van der Waals surface area (Å²) in [5, 5.41) is 0.912. The SMILES string of the molecule is COCc1cc2cc(COc3ccc(F)cc3CC(=O)OC)cc(-c3cccc(CN)c3)c2o1. The average molecular weight is 464 g/mol. The van der Waals surface area contributed by atoms with Crippen LogP contribution in [0, 0.1) is 5.82 Å². The first-order valence-electron chi connectivity index (χ1n) is 10.8. The third kappa shape index (κ3) is 5.27. The van der Waals surface area contributed by atoms with Crippen molar-refractivity contribution in [2.75, 3.05) is 14.2 Å². The summed E-state index contributed by atoms with van der Waals surface area (Å²) in [6.07, 6.45) is -0.0815. The number of halogens is 1. The molecule has 0 saturated heterocycles. The molecule has 3 aromatic carbocycles. The number of ether oxygens (including phenoxy) is 3. The molecule has 0 aliphatic carbocycles. The number of benzene rings is 3. The first kappa shape index (κ1) is 23.5. The molecular formula is C27H26FNO5. The van der Waals surface area contributed by atoms with Gasteiger partial charge in [0.2, 0.25) is 0 Å². The second-order valence-corrected chi connectivity index (χ2v) is 7.91. The molecule has 0 unspecified atom stereocenters. The summed E-state index contributed by atoms with van der Waals surface area (Å²) in [4.78, 5) is 11.7. The topological polar surface area (TPSA) is 83.9 Å². The Balaban J connectivity index is 1.70. The van der Waals surface area contributed by atoms with Crippen molar-refractivity contribution in [1.29, 1.82) is 0 Å². The van der Waals surface area contributed by atoms with E-state index in [1.165, 1.54) is 25.3 Å². The van der Waals surface area contributed by atoms with E-state index >= 15 is 0 Å². The maximum Gasteiger partial charge on any atom is 0.310 e. The number of rotatable bonds is 9. The number of nitrogens with two attached hydrogens (primary N) is 1. The van der Waals surface area contributed by atoms with Gasteiger partial charge in [0.25, 0.3) is 0 Å². The van der Waals surface area contributed by atoms with Crippen LogP contribution in [0.1, 0.15) is 22.5 Å². The van der Waals surface area contributed by atoms with Crippen molar-refractivity contribution in [3.63, 3.8) is 0 Å². The third-order valence-electron chi connectivity index (χ3n) is 5.47. The molecule has 0 bridgehead atoms. The van der Waals surface area contributed by atoms with Crippen molar-refractivity contribution < 1.29 is 27.8 Å². The number of hydrogen-bond donors (Lipinski definition) is 1. The van der Waals surface area contributed by atoms with Crippen molar-refractivity contribution in [3.05, 3.63) is 88.9 Å². The van der Waals surface area contributed by atoms with Crippen LogP contribution in [-0.4, -0.2) is 20.2 Å². The highest BCUT2D eigenvalue weighted by atomic mass is 19.1. The van der Waals surface area contributed by atoms with Gasteiger partial charge < -0.3 is 24.4 Å². The quantitative estimate of drug-likeness (QED) is 0.346. The molecule has 0 fully saturated rings. The van der Waals surface area contributed by atoms with E-state index in [2.05, 4.69) is 0 Å². The van der Waals surface area contributed by atoms with Gasteiger partial charge in [0.15, 0.2) is 0 Å². The minimum Gasteiger partial charge on any atom is -0.489 e. The van der Waals surface area contributed by atoms with Gasteiger partial charge in [-0.3, -0.25) is 4.79 Å². The third-order valence-corrected chi connectivity index (χ3v) is 5.47. The van der Waals surface area contributed by atoms with Crippen molar-refractivity contribution >= 4 is 16.9 Å². The van der Waals surface area contributed by atoms with Gasteiger partial charge in [0.1, 0.15) is 36.1 Å². The first-order valence-corrected chi connectivity index (χ1v) is 10.8. The van der Waals surface area contributed by atoms with Gasteiger partial charge in [-0.05, 0) is 59.2 Å². The normalized spacial score (nSPS) is 11.1. The monoisotopic (exact) mass is 463 g/mol. The van der Waals surface area contributed by atoms with Gasteiger partial charge in [-0.15, -0.1) is 0 Å². The number of carbonyl (C=O) groups is 1. The highest BCUT2D eigenvalue weighted by Gasteiger charge is 2.15. The number of esters is 1. The summed E-state index contributed by atoms with van der Waals surface area (Å²) < 4.78 is 35.8. The molecule has 0 aliphatic heterocycles. The molecule has 1 aromatic heterocycles. The highest BCUT2D eigenvalue weighted by molar-refractivity contribution is 5.93. The van der Waals surface area contributed by atoms with Gasteiger partial charge in [0.05, 0.1) is 13.5 Å². The molecule has 0 amide bonds. The average Bonchev–Trinajstić information content (AvgIpc) is 3.25. The molecule has 6 nitrogen and oxygen atoms in total. The Labute approximate surface area is 197 Å². The molecule has 0 atom stereocenters. The smallest absolute Gasteiger partial charge is 0.310 e. The number of furan rings is 1. The molecule has 0 saturated carbocycles. The summed E-state index contributed by atoms with van der Waals surface area (Å²) in [5.41, 5.74) is 10.8. The Bertz CT molecular complexity index is 1310. The molecule has 34 heavy (non-hydrogen) atoms. The fraction of sp³-hybridized carbons (Fsp3) is 0.222. The molecule has 0 radical (unpaired) electrons. The van der Waals surface area contributed by atoms with E-state index in [0.29, 0.717) is 30.2 Å². The molecule has 4 aromatic rings. The maximum absolute atomic E-state index is 13.8. The van der Waals surface area contributed by atoms with Gasteiger partial charge in [-0.1, -0.05) is 18.2 Å². The number of carbonyl (C=O) groups excluding carboxylic acids is 1. The van der Waals surface area contributed by atoms with E-state index in [-0.39, 0.29) is 13.0 Å². The summed E-state index contributed by atoms with van der Waals surface area (Å²) in [5.74, 6) is 0.221. The molecule has 0 aliphatic rings. The molecule has 1 heterocycles. The zero-order valence-electron chi connectivity index (χ0n) is 19.1. The highest BCUT2D eigenvalue weighted by Crippen LogP contribution is 2.34. The fourth-order valence-electron chi connectivity index (χ4n) is 3.86. The van der Waals surface area contributed by atoms with Crippen LogP contribution in [-0.2, 0) is 40.4 Å². The van der Waals surface area contributed by atoms with E-state index < -0.39 is 11.8 Å². The van der Waals surface area contributed by atoms with Crippen LogP contribution in [0.15, 0.2) is 65.1 Å². The lowest BCUT2D eigenvalue weighted by molar-refractivity contribution is -0.139. The van der Waals surface area contributed by atoms with E-state index in [0.717, 1.165) is 33.2 Å². The van der Waals surface area contributed by atoms with Crippen LogP contribution >= 0.6 is 0 Å². The van der Waals surface area contributed by atoms with Crippen LogP contribution < -0.4 is 10.5 Å². The largest absolute Gasteiger partial charge is 0.489 e. The van der Waals surface area contributed by atoms with Crippen LogP contribution in [0.2, 0.25) is 0 Å². The Morgan fingerprint density at radius 3 is 2.62 bits per heavy atom. The molecule has 0 spiro atoms. The summed E-state index contributed by atoms with van der Waals surface area (Å²) in [6.45, 7) is 1.000. The Morgan fingerprint density at radius 2 is 1.85 bits per heavy atom. The van der Waals surface area contributed by atoms with E-state index in [1.807, 2.05) is 42.5 Å². The standard InChI is InChI=1S/C27H26FNO5/c1-31-16-23-12-21-9-18(10-24(27(21)34-23)19-5-3-4-17(8-19)14-29)15-33-25-7-6-22(28)11-20(25)13-26(30)32-2/h3-12H,13-16,29H2,1-2H3. The second-order valence-electron chi connectivity index (χ2n) is 7.91. The van der Waals surface area contributed by atoms with Gasteiger partial charge >= 0.3 is 5.97 Å². The molecular weight excluding hydrogens is 437 g/mol. The van der Waals surface area contributed by atoms with E-state index in [1.54, 1.807) is 7.11 Å². The van der Waals surface area contributed by atoms with Crippen LogP contribution in [0.3, 0.4) is 0 Å². The predicted octanol–water partition coefficient (Wildman–Crippen LogP) is 5.14. The van der Waals surface area contributed by atoms with Gasteiger partial charge in [-0.25, -0.2) is 4.39 Å². The van der Waals surface area contributed by atoms with Crippen LogP contribution in [0.5, 0.6) is 5.75 Å². The zero-order valence-corrected chi connectivity index (χ0v) is 19.1. The second kappa shape index (κ2) is 10.5. The molecule has 7 heteroatoms. The zero-order chi connectivity index (χ0) is 24.1. The lowest BCUT2D eigenvalue weighted by Crippen LogP contribution is -2.07. The lowest BCUT2D eigenvalue weighted by Gasteiger charge is -2.13. The minimum atomic E-state index is -0.469. The molecule has 176 valence electrons. The lowest BCUT2D eigenvalue weighted by atomic mass is 9.99. The van der Waals surface area contributed by atoms with Crippen molar-refractivity contribution in [3.8, 4) is 16.9 Å². The number of fused-ring (bicyclic) bond motifs is 1. The van der Waals surface area contributed by atoms with Crippen molar-refractivity contribution in [2.24, 2.45) is 5.73 Å². The number of methoxy groups -OCH3 is 2. The van der Waals surface area contributed by atoms with Crippen molar-refractivity contribution in [1.82, 2.24) is 0 Å². The fourth-order valence-corrected chi connectivity index (χ4v) is 3.86. The summed E-state index contributed by atoms with van der Waals surface area (Å²) in [7, 11) is 2.91. The first-order chi connectivity index (χ1) is 16.5. The van der Waals surface area contributed by atoms with Gasteiger partial charge in [0, 0.05) is 30.2 Å². The Kier molecular flexibility index (Phi) is 7.25. The summed E-state index contributed by atoms with van der Waals surface area (Å²) in [6, 6.07) is 18.0.